The molecule has 92 valence electrons. The maximum Gasteiger partial charge on any atom is 0.271 e. The van der Waals surface area contributed by atoms with E-state index in [9.17, 15) is 14.9 Å². The Bertz CT molecular complexity index is 444. The van der Waals surface area contributed by atoms with E-state index in [2.05, 4.69) is 5.32 Å². The minimum absolute atomic E-state index is 0.0183. The van der Waals surface area contributed by atoms with Crippen molar-refractivity contribution >= 4 is 17.3 Å². The molecule has 1 amide bonds. The second-order valence-electron chi connectivity index (χ2n) is 3.96. The van der Waals surface area contributed by atoms with Crippen LogP contribution < -0.4 is 5.32 Å². The highest BCUT2D eigenvalue weighted by Crippen LogP contribution is 2.20. The molecular formula is C11H15N3O3. The lowest BCUT2D eigenvalue weighted by Crippen LogP contribution is -2.28. The summed E-state index contributed by atoms with van der Waals surface area (Å²) in [4.78, 5) is 23.0. The van der Waals surface area contributed by atoms with Crippen molar-refractivity contribution in [3.8, 4) is 0 Å². The Hall–Kier alpha value is -2.11. The lowest BCUT2D eigenvalue weighted by Gasteiger charge is -2.12. The summed E-state index contributed by atoms with van der Waals surface area (Å²) in [6.45, 7) is 1.89. The molecule has 0 bridgehead atoms. The first-order valence-electron chi connectivity index (χ1n) is 5.10. The first-order chi connectivity index (χ1) is 7.90. The molecule has 0 fully saturated rings. The average molecular weight is 237 g/mol. The molecule has 6 nitrogen and oxygen atoms in total. The number of carbonyl (C=O) groups is 1. The number of likely N-dealkylation sites (N-methyl/N-ethyl adjacent to an activating group) is 1. The number of anilines is 1. The van der Waals surface area contributed by atoms with Gasteiger partial charge in [-0.1, -0.05) is 0 Å². The molecule has 0 aliphatic heterocycles. The summed E-state index contributed by atoms with van der Waals surface area (Å²) in [5.74, 6) is -0.0887. The third-order valence-electron chi connectivity index (χ3n) is 2.22. The summed E-state index contributed by atoms with van der Waals surface area (Å²) < 4.78 is 0. The molecule has 6 heteroatoms. The molecule has 0 aliphatic rings. The van der Waals surface area contributed by atoms with Crippen LogP contribution >= 0.6 is 0 Å². The number of amides is 1. The van der Waals surface area contributed by atoms with E-state index >= 15 is 0 Å². The molecule has 17 heavy (non-hydrogen) atoms. The van der Waals surface area contributed by atoms with Crippen molar-refractivity contribution in [1.82, 2.24) is 4.90 Å². The zero-order chi connectivity index (χ0) is 13.0. The number of benzene rings is 1. The van der Waals surface area contributed by atoms with Crippen molar-refractivity contribution in [3.05, 3.63) is 33.9 Å². The van der Waals surface area contributed by atoms with Crippen LogP contribution in [-0.4, -0.2) is 36.4 Å². The van der Waals surface area contributed by atoms with Gasteiger partial charge in [0.25, 0.3) is 5.69 Å². The number of hydrogen-bond acceptors (Lipinski definition) is 4. The van der Waals surface area contributed by atoms with Gasteiger partial charge in [0.2, 0.25) is 5.91 Å². The van der Waals surface area contributed by atoms with Crippen LogP contribution in [0.5, 0.6) is 0 Å². The standard InChI is InChI=1S/C11H15N3O3/c1-8-4-9(6-10(5-8)14(16)17)12-7-11(15)13(2)3/h4-6,12H,7H2,1-3H3. The third-order valence-corrected chi connectivity index (χ3v) is 2.22. The number of nitro benzene ring substituents is 1. The second kappa shape index (κ2) is 5.29. The quantitative estimate of drug-likeness (QED) is 0.634. The summed E-state index contributed by atoms with van der Waals surface area (Å²) >= 11 is 0. The maximum absolute atomic E-state index is 11.3. The van der Waals surface area contributed by atoms with Gasteiger partial charge >= 0.3 is 0 Å². The van der Waals surface area contributed by atoms with Gasteiger partial charge in [-0.3, -0.25) is 14.9 Å². The number of carbonyl (C=O) groups excluding carboxylic acids is 1. The summed E-state index contributed by atoms with van der Waals surface area (Å²) in [5, 5.41) is 13.5. The molecule has 0 spiro atoms. The van der Waals surface area contributed by atoms with Gasteiger partial charge in [0.05, 0.1) is 11.5 Å². The molecule has 0 radical (unpaired) electrons. The van der Waals surface area contributed by atoms with Crippen LogP contribution in [0, 0.1) is 17.0 Å². The van der Waals surface area contributed by atoms with Gasteiger partial charge in [0.15, 0.2) is 0 Å². The number of rotatable bonds is 4. The first-order valence-corrected chi connectivity index (χ1v) is 5.10. The van der Waals surface area contributed by atoms with E-state index in [0.29, 0.717) is 5.69 Å². The molecule has 1 aromatic rings. The molecule has 0 unspecified atom stereocenters. The normalized spacial score (nSPS) is 9.82. The van der Waals surface area contributed by atoms with Gasteiger partial charge in [0, 0.05) is 31.9 Å². The molecule has 0 aromatic heterocycles. The number of aryl methyl sites for hydroxylation is 1. The Morgan fingerprint density at radius 2 is 2.06 bits per heavy atom. The molecular weight excluding hydrogens is 222 g/mol. The number of non-ortho nitro benzene ring substituents is 1. The molecule has 0 heterocycles. The van der Waals surface area contributed by atoms with Crippen molar-refractivity contribution in [3.63, 3.8) is 0 Å². The van der Waals surface area contributed by atoms with E-state index in [1.54, 1.807) is 27.1 Å². The van der Waals surface area contributed by atoms with Crippen LogP contribution in [0.2, 0.25) is 0 Å². The first kappa shape index (κ1) is 13.0. The van der Waals surface area contributed by atoms with E-state index in [0.717, 1.165) is 5.56 Å². The van der Waals surface area contributed by atoms with Gasteiger partial charge in [-0.05, 0) is 18.6 Å². The van der Waals surface area contributed by atoms with Crippen molar-refractivity contribution in [2.45, 2.75) is 6.92 Å². The highest BCUT2D eigenvalue weighted by molar-refractivity contribution is 5.80. The summed E-state index contributed by atoms with van der Waals surface area (Å²) in [5.41, 5.74) is 1.37. The molecule has 1 rings (SSSR count). The summed E-state index contributed by atoms with van der Waals surface area (Å²) in [6, 6.07) is 4.66. The van der Waals surface area contributed by atoms with Gasteiger partial charge in [-0.25, -0.2) is 0 Å². The Labute approximate surface area is 99.4 Å². The van der Waals surface area contributed by atoms with Crippen LogP contribution in [0.1, 0.15) is 5.56 Å². The lowest BCUT2D eigenvalue weighted by atomic mass is 10.2. The summed E-state index contributed by atoms with van der Waals surface area (Å²) in [7, 11) is 3.31. The molecule has 0 saturated carbocycles. The topological polar surface area (TPSA) is 75.5 Å². The van der Waals surface area contributed by atoms with E-state index in [1.807, 2.05) is 0 Å². The van der Waals surface area contributed by atoms with Crippen molar-refractivity contribution in [2.75, 3.05) is 26.0 Å². The van der Waals surface area contributed by atoms with Crippen LogP contribution in [0.25, 0.3) is 0 Å². The minimum atomic E-state index is -0.452. The van der Waals surface area contributed by atoms with Crippen molar-refractivity contribution in [1.29, 1.82) is 0 Å². The number of nitro groups is 1. The zero-order valence-electron chi connectivity index (χ0n) is 10.1. The minimum Gasteiger partial charge on any atom is -0.376 e. The predicted molar refractivity (Wildman–Crippen MR) is 65.0 cm³/mol. The SMILES string of the molecule is Cc1cc(NCC(=O)N(C)C)cc([N+](=O)[O-])c1. The van der Waals surface area contributed by atoms with Gasteiger partial charge in [-0.2, -0.15) is 0 Å². The lowest BCUT2D eigenvalue weighted by molar-refractivity contribution is -0.384. The van der Waals surface area contributed by atoms with Crippen LogP contribution in [0.3, 0.4) is 0 Å². The summed E-state index contributed by atoms with van der Waals surface area (Å²) in [6.07, 6.45) is 0. The van der Waals surface area contributed by atoms with Crippen molar-refractivity contribution in [2.24, 2.45) is 0 Å². The fourth-order valence-electron chi connectivity index (χ4n) is 1.31. The largest absolute Gasteiger partial charge is 0.376 e. The average Bonchev–Trinajstić information content (AvgIpc) is 2.24. The van der Waals surface area contributed by atoms with Gasteiger partial charge in [-0.15, -0.1) is 0 Å². The fraction of sp³-hybridized carbons (Fsp3) is 0.364. The number of hydrogen-bond donors (Lipinski definition) is 1. The predicted octanol–water partition coefficient (Wildman–Crippen LogP) is 1.40. The number of nitrogens with zero attached hydrogens (tertiary/aromatic N) is 2. The Morgan fingerprint density at radius 3 is 2.59 bits per heavy atom. The smallest absolute Gasteiger partial charge is 0.271 e. The molecule has 1 N–H and O–H groups in total. The van der Waals surface area contributed by atoms with Crippen LogP contribution in [0.4, 0.5) is 11.4 Å². The Morgan fingerprint density at radius 1 is 1.41 bits per heavy atom. The van der Waals surface area contributed by atoms with Gasteiger partial charge in [0.1, 0.15) is 0 Å². The molecule has 1 aromatic carbocycles. The molecule has 0 atom stereocenters. The Kier molecular flexibility index (Phi) is 4.03. The van der Waals surface area contributed by atoms with E-state index in [1.165, 1.54) is 17.0 Å². The monoisotopic (exact) mass is 237 g/mol. The van der Waals surface area contributed by atoms with Crippen molar-refractivity contribution < 1.29 is 9.72 Å². The number of nitrogens with one attached hydrogen (secondary N) is 1. The Balaban J connectivity index is 2.78. The van der Waals surface area contributed by atoms with Crippen LogP contribution in [-0.2, 0) is 4.79 Å². The van der Waals surface area contributed by atoms with E-state index in [-0.39, 0.29) is 18.1 Å². The zero-order valence-corrected chi connectivity index (χ0v) is 10.1. The van der Waals surface area contributed by atoms with Gasteiger partial charge < -0.3 is 10.2 Å². The maximum atomic E-state index is 11.3. The highest BCUT2D eigenvalue weighted by Gasteiger charge is 2.09. The highest BCUT2D eigenvalue weighted by atomic mass is 16.6. The van der Waals surface area contributed by atoms with E-state index < -0.39 is 4.92 Å². The molecule has 0 aliphatic carbocycles. The third kappa shape index (κ3) is 3.75. The van der Waals surface area contributed by atoms with E-state index in [4.69, 9.17) is 0 Å². The van der Waals surface area contributed by atoms with Crippen LogP contribution in [0.15, 0.2) is 18.2 Å². The second-order valence-corrected chi connectivity index (χ2v) is 3.96. The fourth-order valence-corrected chi connectivity index (χ4v) is 1.31. The molecule has 0 saturated heterocycles.